The van der Waals surface area contributed by atoms with E-state index < -0.39 is 79.0 Å². The molecule has 0 saturated heterocycles. The number of nitrogen functional groups attached to an aromatic ring is 1. The van der Waals surface area contributed by atoms with Crippen LogP contribution in [-0.2, 0) is 35.1 Å². The summed E-state index contributed by atoms with van der Waals surface area (Å²) in [7, 11) is -15.7. The Morgan fingerprint density at radius 1 is 0.610 bits per heavy atom. The molecule has 0 amide bonds. The summed E-state index contributed by atoms with van der Waals surface area (Å²) in [5.41, 5.74) is 16.0. The summed E-state index contributed by atoms with van der Waals surface area (Å²) < 4.78 is 107. The first-order valence-corrected chi connectivity index (χ1v) is 19.7. The number of hydrogen-bond acceptors (Lipinski definition) is 19. The van der Waals surface area contributed by atoms with E-state index in [1.165, 1.54) is 24.3 Å². The van der Waals surface area contributed by atoms with Gasteiger partial charge in [-0.25, -0.2) is 25.3 Å². The largest absolute Gasteiger partial charge is 1.00 e. The van der Waals surface area contributed by atoms with Gasteiger partial charge in [-0.3, -0.25) is 20.4 Å². The number of carbonyl (C=O) groups is 2. The van der Waals surface area contributed by atoms with Crippen LogP contribution in [0.3, 0.4) is 0 Å². The third-order valence-electron chi connectivity index (χ3n) is 7.91. The van der Waals surface area contributed by atoms with Crippen LogP contribution in [-0.4, -0.2) is 61.9 Å². The topological polar surface area (TPSA) is 331 Å². The molecule has 0 aromatic heterocycles. The Hall–Kier alpha value is -3.69. The summed E-state index contributed by atoms with van der Waals surface area (Å²) in [4.78, 5) is 22.8. The smallest absolute Gasteiger partial charge is 0.744 e. The molecule has 0 aliphatic heterocycles. The van der Waals surface area contributed by atoms with Crippen molar-refractivity contribution in [1.82, 2.24) is 0 Å². The number of nitrogens with two attached hydrogens (primary N) is 2. The SMILES string of the molecule is NC1=CC(=O)/C(=N/Nc2ccc(-c3ccc(N=Nc4c(S(=O)(=O)[O-])cc5c(c4N)C(=O)/C(=N/Nc4ccc(S(=O)(=O)[O-])cc4)C(S(=O)(=O)[O-])=C5)cc3)cc2)C=C1.[Na+].[Na+].[Na+]. The monoisotopic (exact) mass is 884 g/mol. The molecular formula is C34H23N8Na3O11S3. The predicted molar refractivity (Wildman–Crippen MR) is 200 cm³/mol. The number of benzene rings is 4. The van der Waals surface area contributed by atoms with Crippen LogP contribution in [0.5, 0.6) is 0 Å². The first-order chi connectivity index (χ1) is 26.3. The van der Waals surface area contributed by atoms with Gasteiger partial charge in [0.2, 0.25) is 11.6 Å². The predicted octanol–water partition coefficient (Wildman–Crippen LogP) is -5.53. The van der Waals surface area contributed by atoms with Gasteiger partial charge in [-0.15, -0.1) is 5.11 Å². The van der Waals surface area contributed by atoms with Crippen molar-refractivity contribution in [2.45, 2.75) is 9.79 Å². The number of nitrogens with zero attached hydrogens (tertiary/aromatic N) is 4. The molecular weight excluding hydrogens is 862 g/mol. The van der Waals surface area contributed by atoms with Gasteiger partial charge in [0.15, 0.2) is 0 Å². The first kappa shape index (κ1) is 49.7. The van der Waals surface area contributed by atoms with Gasteiger partial charge in [0.1, 0.15) is 47.5 Å². The van der Waals surface area contributed by atoms with E-state index in [0.29, 0.717) is 23.5 Å². The average Bonchev–Trinajstić information content (AvgIpc) is 3.13. The van der Waals surface area contributed by atoms with Gasteiger partial charge >= 0.3 is 88.7 Å². The zero-order chi connectivity index (χ0) is 40.6. The van der Waals surface area contributed by atoms with E-state index in [4.69, 9.17) is 11.5 Å². The summed E-state index contributed by atoms with van der Waals surface area (Å²) in [5.74, 6) is -1.63. The second kappa shape index (κ2) is 19.8. The van der Waals surface area contributed by atoms with Crippen molar-refractivity contribution < 1.29 is 137 Å². The molecule has 2 aliphatic carbocycles. The summed E-state index contributed by atoms with van der Waals surface area (Å²) in [5, 5.41) is 15.6. The van der Waals surface area contributed by atoms with E-state index in [2.05, 4.69) is 31.3 Å². The van der Waals surface area contributed by atoms with Gasteiger partial charge < -0.3 is 25.1 Å². The van der Waals surface area contributed by atoms with Crippen molar-refractivity contribution in [2.24, 2.45) is 26.2 Å². The molecule has 0 saturated carbocycles. The Morgan fingerprint density at radius 2 is 1.15 bits per heavy atom. The fourth-order valence-electron chi connectivity index (χ4n) is 5.22. The van der Waals surface area contributed by atoms with Crippen molar-refractivity contribution in [3.05, 3.63) is 119 Å². The fraction of sp³-hybridized carbons (Fsp3) is 0. The zero-order valence-electron chi connectivity index (χ0n) is 31.0. The van der Waals surface area contributed by atoms with Crippen LogP contribution in [0.1, 0.15) is 15.9 Å². The zero-order valence-corrected chi connectivity index (χ0v) is 39.4. The van der Waals surface area contributed by atoms with Gasteiger partial charge in [-0.2, -0.15) is 15.3 Å². The minimum atomic E-state index is -5.47. The number of ketones is 2. The molecule has 0 fully saturated rings. The molecule has 4 aromatic carbocycles. The molecule has 6 N–H and O–H groups in total. The molecule has 0 heterocycles. The first-order valence-electron chi connectivity index (χ1n) is 15.5. The van der Waals surface area contributed by atoms with E-state index in [1.54, 1.807) is 42.5 Å². The van der Waals surface area contributed by atoms with Crippen LogP contribution >= 0.6 is 0 Å². The van der Waals surface area contributed by atoms with Crippen molar-refractivity contribution in [3.63, 3.8) is 0 Å². The fourth-order valence-corrected chi connectivity index (χ4v) is 6.99. The van der Waals surface area contributed by atoms with Gasteiger partial charge in [0.25, 0.3) is 0 Å². The number of hydrogen-bond donors (Lipinski definition) is 4. The molecule has 0 atom stereocenters. The van der Waals surface area contributed by atoms with E-state index in [-0.39, 0.29) is 112 Å². The number of carbonyl (C=O) groups excluding carboxylic acids is 2. The minimum Gasteiger partial charge on any atom is -0.744 e. The van der Waals surface area contributed by atoms with E-state index in [1.807, 2.05) is 0 Å². The second-order valence-corrected chi connectivity index (χ2v) is 15.7. The van der Waals surface area contributed by atoms with E-state index in [9.17, 15) is 48.5 Å². The minimum absolute atomic E-state index is 0. The summed E-state index contributed by atoms with van der Waals surface area (Å²) in [6.45, 7) is 0. The Bertz CT molecular complexity index is 2870. The maximum absolute atomic E-state index is 13.7. The van der Waals surface area contributed by atoms with Gasteiger partial charge in [-0.05, 0) is 89.5 Å². The molecule has 25 heteroatoms. The van der Waals surface area contributed by atoms with Gasteiger partial charge in [0, 0.05) is 11.8 Å². The molecule has 286 valence electrons. The third-order valence-corrected chi connectivity index (χ3v) is 10.5. The standard InChI is InChI=1S/C34H26N8O11S3.3Na/c35-21-5-14-26(27(43)17-21)40-37-22-6-1-18(2-7-22)19-3-8-23(9-4-19)38-41-32-28(55(48,49)50)15-20-16-29(56(51,52)53)33(34(44)30(20)31(32)36)42-39-24-10-12-25(13-11-24)54(45,46)47;;;/h1-17,37,39H,35-36H2,(H,45,46,47)(H,48,49,50)(H,51,52,53);;;/q;3*+1/p-3/b40-26+,41-38?,42-33+;;;. The summed E-state index contributed by atoms with van der Waals surface area (Å²) in [6, 6.07) is 17.9. The van der Waals surface area contributed by atoms with Crippen molar-refractivity contribution in [2.75, 3.05) is 16.6 Å². The van der Waals surface area contributed by atoms with Crippen molar-refractivity contribution >= 4 is 87.9 Å². The summed E-state index contributed by atoms with van der Waals surface area (Å²) in [6.07, 6.45) is 4.90. The molecule has 0 bridgehead atoms. The number of hydrazone groups is 2. The number of azo groups is 1. The molecule has 0 spiro atoms. The molecule has 6 rings (SSSR count). The molecule has 4 aromatic rings. The van der Waals surface area contributed by atoms with Crippen molar-refractivity contribution in [1.29, 1.82) is 0 Å². The number of Topliss-reactive ketones (excluding diaryl/α,β-unsaturated/α-hetero) is 1. The molecule has 59 heavy (non-hydrogen) atoms. The van der Waals surface area contributed by atoms with E-state index >= 15 is 0 Å². The van der Waals surface area contributed by atoms with Crippen molar-refractivity contribution in [3.8, 4) is 11.1 Å². The van der Waals surface area contributed by atoms with E-state index in [0.717, 1.165) is 35.4 Å². The second-order valence-electron chi connectivity index (χ2n) is 11.7. The molecule has 19 nitrogen and oxygen atoms in total. The Labute approximate surface area is 403 Å². The number of anilines is 3. The van der Waals surface area contributed by atoms with Crippen LogP contribution in [0.25, 0.3) is 17.2 Å². The number of allylic oxidation sites excluding steroid dienone is 4. The number of rotatable bonds is 10. The van der Waals surface area contributed by atoms with Crippen LogP contribution in [0.2, 0.25) is 0 Å². The number of fused-ring (bicyclic) bond motifs is 1. The quantitative estimate of drug-likeness (QED) is 0.0288. The maximum atomic E-state index is 13.7. The molecule has 0 radical (unpaired) electrons. The Balaban J connectivity index is 0.00000310. The normalized spacial score (nSPS) is 15.4. The van der Waals surface area contributed by atoms with Gasteiger partial charge in [-0.1, -0.05) is 24.3 Å². The van der Waals surface area contributed by atoms with Crippen LogP contribution < -0.4 is 111 Å². The Kier molecular flexibility index (Phi) is 16.7. The summed E-state index contributed by atoms with van der Waals surface area (Å²) >= 11 is 0. The van der Waals surface area contributed by atoms with Crippen LogP contribution in [0.4, 0.5) is 28.4 Å². The van der Waals surface area contributed by atoms with Crippen LogP contribution in [0.15, 0.2) is 138 Å². The van der Waals surface area contributed by atoms with Gasteiger partial charge in [0.05, 0.1) is 43.0 Å². The maximum Gasteiger partial charge on any atom is 1.00 e. The molecule has 2 aliphatic rings. The third kappa shape index (κ3) is 11.8. The van der Waals surface area contributed by atoms with Crippen LogP contribution in [0, 0.1) is 0 Å². The average molecular weight is 885 g/mol. The Morgan fingerprint density at radius 3 is 1.68 bits per heavy atom. The number of nitrogens with one attached hydrogen (secondary N) is 2. The molecule has 0 unspecified atom stereocenters.